The molecule has 1 aromatic heterocycles. The number of hydrogen-bond donors (Lipinski definition) is 0. The minimum atomic E-state index is -0.622. The Kier molecular flexibility index (Phi) is 4.59. The van der Waals surface area contributed by atoms with Gasteiger partial charge in [0.1, 0.15) is 13.2 Å². The van der Waals surface area contributed by atoms with Crippen LogP contribution in [0.2, 0.25) is 0 Å². The maximum absolute atomic E-state index is 12.2. The number of aromatic nitrogens is 2. The summed E-state index contributed by atoms with van der Waals surface area (Å²) in [5, 5.41) is 3.94. The highest BCUT2D eigenvalue weighted by atomic mass is 16.5. The zero-order valence-corrected chi connectivity index (χ0v) is 12.2. The Labute approximate surface area is 117 Å². The van der Waals surface area contributed by atoms with E-state index in [0.717, 1.165) is 24.2 Å². The molecule has 1 aromatic rings. The molecule has 0 aromatic carbocycles. The van der Waals surface area contributed by atoms with E-state index in [4.69, 9.17) is 9.15 Å². The molecule has 2 heterocycles. The molecule has 0 spiro atoms. The Morgan fingerprint density at radius 3 is 2.65 bits per heavy atom. The maximum Gasteiger partial charge on any atom is 0.437 e. The van der Waals surface area contributed by atoms with Gasteiger partial charge in [0.05, 0.1) is 0 Å². The number of rotatable bonds is 4. The fraction of sp³-hybridized carbons (Fsp3) is 0.769. The lowest BCUT2D eigenvalue weighted by Crippen LogP contribution is -2.44. The van der Waals surface area contributed by atoms with Crippen LogP contribution >= 0.6 is 0 Å². The number of carbonyl (C=O) groups excluding carboxylic acids is 1. The summed E-state index contributed by atoms with van der Waals surface area (Å²) in [6.45, 7) is 5.78. The molecule has 20 heavy (non-hydrogen) atoms. The highest BCUT2D eigenvalue weighted by molar-refractivity contribution is 5.76. The number of piperidine rings is 1. The fourth-order valence-electron chi connectivity index (χ4n) is 2.73. The van der Waals surface area contributed by atoms with Crippen LogP contribution in [-0.4, -0.2) is 40.8 Å². The Hall–Kier alpha value is -1.63. The van der Waals surface area contributed by atoms with Crippen molar-refractivity contribution in [3.8, 4) is 0 Å². The minimum absolute atomic E-state index is 0.0779. The van der Waals surface area contributed by atoms with Crippen molar-refractivity contribution >= 4 is 5.91 Å². The van der Waals surface area contributed by atoms with Gasteiger partial charge in [-0.2, -0.15) is 4.68 Å². The summed E-state index contributed by atoms with van der Waals surface area (Å²) in [5.74, 6) is 0.443. The van der Waals surface area contributed by atoms with E-state index >= 15 is 0 Å². The molecule has 1 fully saturated rings. The summed E-state index contributed by atoms with van der Waals surface area (Å²) in [7, 11) is 1.49. The van der Waals surface area contributed by atoms with Crippen LogP contribution in [0.5, 0.6) is 0 Å². The van der Waals surface area contributed by atoms with Crippen molar-refractivity contribution in [1.29, 1.82) is 0 Å². The van der Waals surface area contributed by atoms with Crippen LogP contribution in [0, 0.1) is 11.8 Å². The van der Waals surface area contributed by atoms with Gasteiger partial charge in [-0.25, -0.2) is 4.79 Å². The number of amides is 1. The SMILES string of the molecule is COCc1nn(CC(=O)N2C[C@H](C)C[C@H](C)C2)c(=O)o1. The monoisotopic (exact) mass is 283 g/mol. The third kappa shape index (κ3) is 3.47. The number of likely N-dealkylation sites (tertiary alicyclic amines) is 1. The van der Waals surface area contributed by atoms with Crippen molar-refractivity contribution < 1.29 is 13.9 Å². The van der Waals surface area contributed by atoms with E-state index in [0.29, 0.717) is 11.8 Å². The molecule has 112 valence electrons. The van der Waals surface area contributed by atoms with E-state index in [9.17, 15) is 9.59 Å². The lowest BCUT2D eigenvalue weighted by Gasteiger charge is -2.34. The first-order valence-electron chi connectivity index (χ1n) is 6.83. The standard InChI is InChI=1S/C13H21N3O4/c1-9-4-10(2)6-15(5-9)12(17)7-16-13(18)20-11(14-16)8-19-3/h9-10H,4-8H2,1-3H3/t9-,10+. The van der Waals surface area contributed by atoms with E-state index in [1.54, 1.807) is 4.90 Å². The summed E-state index contributed by atoms with van der Waals surface area (Å²) >= 11 is 0. The van der Waals surface area contributed by atoms with Gasteiger partial charge in [-0.3, -0.25) is 4.79 Å². The lowest BCUT2D eigenvalue weighted by molar-refractivity contribution is -0.134. The molecule has 1 aliphatic heterocycles. The summed E-state index contributed by atoms with van der Waals surface area (Å²) in [4.78, 5) is 25.6. The second-order valence-corrected chi connectivity index (χ2v) is 5.60. The van der Waals surface area contributed by atoms with E-state index < -0.39 is 5.76 Å². The van der Waals surface area contributed by atoms with Gasteiger partial charge in [0.15, 0.2) is 0 Å². The van der Waals surface area contributed by atoms with Gasteiger partial charge in [-0.15, -0.1) is 5.10 Å². The largest absolute Gasteiger partial charge is 0.437 e. The molecule has 7 nitrogen and oxygen atoms in total. The summed E-state index contributed by atoms with van der Waals surface area (Å²) < 4.78 is 10.8. The van der Waals surface area contributed by atoms with Crippen LogP contribution in [0.15, 0.2) is 9.21 Å². The number of ether oxygens (including phenoxy) is 1. The van der Waals surface area contributed by atoms with E-state index in [1.165, 1.54) is 7.11 Å². The van der Waals surface area contributed by atoms with E-state index in [2.05, 4.69) is 18.9 Å². The molecule has 7 heteroatoms. The van der Waals surface area contributed by atoms with Gasteiger partial charge in [-0.05, 0) is 18.3 Å². The third-order valence-corrected chi connectivity index (χ3v) is 3.42. The van der Waals surface area contributed by atoms with Crippen LogP contribution in [0.4, 0.5) is 0 Å². The Morgan fingerprint density at radius 2 is 2.05 bits per heavy atom. The molecule has 0 unspecified atom stereocenters. The van der Waals surface area contributed by atoms with Crippen molar-refractivity contribution in [2.45, 2.75) is 33.4 Å². The van der Waals surface area contributed by atoms with Gasteiger partial charge < -0.3 is 14.1 Å². The summed E-state index contributed by atoms with van der Waals surface area (Å²) in [6, 6.07) is 0. The highest BCUT2D eigenvalue weighted by Crippen LogP contribution is 2.20. The molecule has 1 saturated heterocycles. The first-order chi connectivity index (χ1) is 9.49. The van der Waals surface area contributed by atoms with Gasteiger partial charge in [0.2, 0.25) is 11.8 Å². The highest BCUT2D eigenvalue weighted by Gasteiger charge is 2.26. The molecule has 0 saturated carbocycles. The van der Waals surface area contributed by atoms with Gasteiger partial charge in [0, 0.05) is 20.2 Å². The van der Waals surface area contributed by atoms with Crippen molar-refractivity contribution in [2.24, 2.45) is 11.8 Å². The average molecular weight is 283 g/mol. The normalized spacial score (nSPS) is 23.1. The minimum Gasteiger partial charge on any atom is -0.390 e. The molecule has 0 aliphatic carbocycles. The number of nitrogens with zero attached hydrogens (tertiary/aromatic N) is 3. The zero-order valence-electron chi connectivity index (χ0n) is 12.2. The molecule has 1 amide bonds. The second-order valence-electron chi connectivity index (χ2n) is 5.60. The number of carbonyl (C=O) groups is 1. The van der Waals surface area contributed by atoms with Crippen LogP contribution in [0.1, 0.15) is 26.2 Å². The number of methoxy groups -OCH3 is 1. The van der Waals surface area contributed by atoms with Crippen LogP contribution in [0.3, 0.4) is 0 Å². The second kappa shape index (κ2) is 6.21. The van der Waals surface area contributed by atoms with Crippen LogP contribution in [0.25, 0.3) is 0 Å². The van der Waals surface area contributed by atoms with E-state index in [-0.39, 0.29) is 24.9 Å². The quantitative estimate of drug-likeness (QED) is 0.803. The summed E-state index contributed by atoms with van der Waals surface area (Å²) in [6.07, 6.45) is 1.13. The molecule has 0 N–H and O–H groups in total. The smallest absolute Gasteiger partial charge is 0.390 e. The summed E-state index contributed by atoms with van der Waals surface area (Å²) in [5.41, 5.74) is 0. The molecule has 0 bridgehead atoms. The molecule has 0 radical (unpaired) electrons. The predicted molar refractivity (Wildman–Crippen MR) is 71.0 cm³/mol. The van der Waals surface area contributed by atoms with Crippen molar-refractivity contribution in [1.82, 2.24) is 14.7 Å². The molecule has 2 rings (SSSR count). The topological polar surface area (TPSA) is 77.6 Å². The zero-order chi connectivity index (χ0) is 14.7. The Balaban J connectivity index is 2.02. The van der Waals surface area contributed by atoms with Crippen molar-refractivity contribution in [3.05, 3.63) is 16.4 Å². The molecular weight excluding hydrogens is 262 g/mol. The average Bonchev–Trinajstić information content (AvgIpc) is 2.69. The Morgan fingerprint density at radius 1 is 1.40 bits per heavy atom. The molecule has 2 atom stereocenters. The molecule has 1 aliphatic rings. The van der Waals surface area contributed by atoms with E-state index in [1.807, 2.05) is 0 Å². The predicted octanol–water partition coefficient (Wildman–Crippen LogP) is 0.487. The van der Waals surface area contributed by atoms with Crippen molar-refractivity contribution in [3.63, 3.8) is 0 Å². The van der Waals surface area contributed by atoms with Gasteiger partial charge >= 0.3 is 5.76 Å². The van der Waals surface area contributed by atoms with Gasteiger partial charge in [-0.1, -0.05) is 13.8 Å². The number of hydrogen-bond acceptors (Lipinski definition) is 5. The Bertz CT molecular complexity index is 512. The lowest BCUT2D eigenvalue weighted by atomic mass is 9.92. The maximum atomic E-state index is 12.2. The fourth-order valence-corrected chi connectivity index (χ4v) is 2.73. The molecular formula is C13H21N3O4. The van der Waals surface area contributed by atoms with Crippen LogP contribution < -0.4 is 5.76 Å². The van der Waals surface area contributed by atoms with Gasteiger partial charge in [0.25, 0.3) is 0 Å². The van der Waals surface area contributed by atoms with Crippen LogP contribution in [-0.2, 0) is 22.7 Å². The first kappa shape index (κ1) is 14.8. The third-order valence-electron chi connectivity index (χ3n) is 3.42. The first-order valence-corrected chi connectivity index (χ1v) is 6.83. The van der Waals surface area contributed by atoms with Crippen molar-refractivity contribution in [2.75, 3.05) is 20.2 Å².